The van der Waals surface area contributed by atoms with Crippen LogP contribution in [0.5, 0.6) is 0 Å². The molecule has 0 N–H and O–H groups in total. The summed E-state index contributed by atoms with van der Waals surface area (Å²) in [5.74, 6) is -0.0904. The fraction of sp³-hybridized carbons (Fsp3) is 0.579. The highest BCUT2D eigenvalue weighted by Crippen LogP contribution is 2.43. The molecule has 4 rings (SSSR count). The van der Waals surface area contributed by atoms with Gasteiger partial charge in [0.1, 0.15) is 0 Å². The van der Waals surface area contributed by atoms with Crippen LogP contribution in [0.4, 0.5) is 5.69 Å². The van der Waals surface area contributed by atoms with E-state index in [-0.39, 0.29) is 12.1 Å². The molecule has 1 aliphatic carbocycles. The van der Waals surface area contributed by atoms with Crippen LogP contribution in [0.15, 0.2) is 36.5 Å². The Labute approximate surface area is 131 Å². The molecule has 1 aromatic carbocycles. The highest BCUT2D eigenvalue weighted by atomic mass is 15.4. The first-order valence-corrected chi connectivity index (χ1v) is 8.27. The Bertz CT molecular complexity index is 626. The Kier molecular flexibility index (Phi) is 2.70. The molecule has 0 aromatic heterocycles. The minimum Gasteiger partial charge on any atom is -0.355 e. The maximum absolute atomic E-state index is 9.19. The van der Waals surface area contributed by atoms with Gasteiger partial charge in [-0.15, -0.1) is 0 Å². The van der Waals surface area contributed by atoms with Crippen molar-refractivity contribution in [1.82, 2.24) is 4.90 Å². The molecule has 2 heterocycles. The van der Waals surface area contributed by atoms with Crippen LogP contribution in [0.2, 0.25) is 0 Å². The second kappa shape index (κ2) is 5.08. The summed E-state index contributed by atoms with van der Waals surface area (Å²) >= 11 is 0. The summed E-state index contributed by atoms with van der Waals surface area (Å²) in [7, 11) is 0. The van der Waals surface area contributed by atoms with Crippen molar-refractivity contribution < 1.29 is 2.74 Å². The minimum absolute atomic E-state index is 0.0905. The van der Waals surface area contributed by atoms with E-state index in [1.54, 1.807) is 0 Å². The monoisotopic (exact) mass is 284 g/mol. The van der Waals surface area contributed by atoms with Crippen LogP contribution in [-0.2, 0) is 0 Å². The molecule has 0 radical (unpaired) electrons. The third-order valence-corrected chi connectivity index (χ3v) is 5.48. The van der Waals surface area contributed by atoms with Gasteiger partial charge in [-0.1, -0.05) is 37.1 Å². The summed E-state index contributed by atoms with van der Waals surface area (Å²) in [6.45, 7) is 3.88. The zero-order chi connectivity index (χ0) is 16.2. The molecule has 1 aromatic rings. The largest absolute Gasteiger partial charge is 0.355 e. The summed E-state index contributed by atoms with van der Waals surface area (Å²) in [6, 6.07) is 8.58. The maximum Gasteiger partial charge on any atom is 0.0905 e. The highest BCUT2D eigenvalue weighted by Gasteiger charge is 2.45. The molecule has 21 heavy (non-hydrogen) atoms. The Balaban J connectivity index is 1.70. The van der Waals surface area contributed by atoms with E-state index in [9.17, 15) is 1.37 Å². The lowest BCUT2D eigenvalue weighted by molar-refractivity contribution is 0.247. The summed E-state index contributed by atoms with van der Waals surface area (Å²) in [6.07, 6.45) is 8.96. The summed E-state index contributed by atoms with van der Waals surface area (Å²) in [4.78, 5) is 4.31. The molecule has 2 aliphatic heterocycles. The Morgan fingerprint density at radius 2 is 2.00 bits per heavy atom. The molecule has 0 amide bonds. The molecule has 0 spiro atoms. The molecule has 4 atom stereocenters. The highest BCUT2D eigenvalue weighted by molar-refractivity contribution is 5.55. The topological polar surface area (TPSA) is 6.48 Å². The average molecular weight is 284 g/mol. The lowest BCUT2D eigenvalue weighted by Crippen LogP contribution is -2.39. The predicted octanol–water partition coefficient (Wildman–Crippen LogP) is 4.17. The lowest BCUT2D eigenvalue weighted by atomic mass is 9.83. The van der Waals surface area contributed by atoms with E-state index in [1.807, 2.05) is 18.3 Å². The van der Waals surface area contributed by atoms with Gasteiger partial charge in [0, 0.05) is 19.0 Å². The van der Waals surface area contributed by atoms with Gasteiger partial charge in [-0.2, -0.15) is 0 Å². The van der Waals surface area contributed by atoms with E-state index < -0.39 is 12.5 Å². The number of fused-ring (bicyclic) bond motifs is 1. The number of hydrogen-bond donors (Lipinski definition) is 0. The summed E-state index contributed by atoms with van der Waals surface area (Å²) < 4.78 is 17.9. The molecular weight excluding hydrogens is 256 g/mol. The SMILES string of the molecule is [2H]C1N2C=CC([2H])(C3CCCC3)C2[C@H](C)N1c1ccccc1C. The molecular formula is C19H26N2. The van der Waals surface area contributed by atoms with Crippen LogP contribution in [0, 0.1) is 18.7 Å². The summed E-state index contributed by atoms with van der Waals surface area (Å²) in [5.41, 5.74) is 2.34. The number of rotatable bonds is 2. The van der Waals surface area contributed by atoms with Gasteiger partial charge in [0.2, 0.25) is 0 Å². The standard InChI is InChI=1S/C19H26N2/c1-14-7-3-6-10-18(14)21-13-20-12-11-17(19(20)15(21)2)16-8-4-5-9-16/h3,6-7,10-12,15-17,19H,4-5,8-9,13H2,1-2H3/t15-,17?,19?/m0/s1/i13D,17D/t13?,15-,17?,19?. The second-order valence-corrected chi connectivity index (χ2v) is 6.74. The van der Waals surface area contributed by atoms with Crippen molar-refractivity contribution >= 4 is 5.69 Å². The molecule has 3 aliphatic rings. The van der Waals surface area contributed by atoms with Crippen molar-refractivity contribution in [1.29, 1.82) is 0 Å². The number of aryl methyl sites for hydroxylation is 1. The van der Waals surface area contributed by atoms with Gasteiger partial charge in [-0.25, -0.2) is 0 Å². The smallest absolute Gasteiger partial charge is 0.0905 e. The molecule has 1 saturated heterocycles. The van der Waals surface area contributed by atoms with Crippen LogP contribution < -0.4 is 4.90 Å². The third kappa shape index (κ3) is 2.07. The van der Waals surface area contributed by atoms with Crippen LogP contribution in [0.3, 0.4) is 0 Å². The quantitative estimate of drug-likeness (QED) is 0.804. The van der Waals surface area contributed by atoms with E-state index in [2.05, 4.69) is 41.9 Å². The number of benzene rings is 1. The fourth-order valence-electron chi connectivity index (χ4n) is 4.35. The number of para-hydroxylation sites is 1. The van der Waals surface area contributed by atoms with E-state index in [1.165, 1.54) is 18.4 Å². The van der Waals surface area contributed by atoms with Crippen molar-refractivity contribution in [3.05, 3.63) is 42.1 Å². The van der Waals surface area contributed by atoms with Crippen molar-refractivity contribution in [3.63, 3.8) is 0 Å². The van der Waals surface area contributed by atoms with Gasteiger partial charge >= 0.3 is 0 Å². The second-order valence-electron chi connectivity index (χ2n) is 6.74. The van der Waals surface area contributed by atoms with Crippen LogP contribution in [-0.4, -0.2) is 23.6 Å². The van der Waals surface area contributed by atoms with Gasteiger partial charge < -0.3 is 9.80 Å². The molecule has 1 saturated carbocycles. The van der Waals surface area contributed by atoms with Gasteiger partial charge in [0.15, 0.2) is 0 Å². The minimum atomic E-state index is -0.535. The van der Waals surface area contributed by atoms with Crippen LogP contribution in [0.25, 0.3) is 0 Å². The molecule has 2 nitrogen and oxygen atoms in total. The molecule has 2 heteroatoms. The average Bonchev–Trinajstić information content (AvgIpc) is 3.22. The maximum atomic E-state index is 9.19. The first-order valence-electron chi connectivity index (χ1n) is 9.35. The van der Waals surface area contributed by atoms with E-state index in [4.69, 9.17) is 1.37 Å². The van der Waals surface area contributed by atoms with Crippen molar-refractivity contribution in [3.8, 4) is 0 Å². The Morgan fingerprint density at radius 1 is 1.24 bits per heavy atom. The normalized spacial score (nSPS) is 40.6. The first-order chi connectivity index (χ1) is 11.0. The summed E-state index contributed by atoms with van der Waals surface area (Å²) in [5, 5.41) is 0. The Morgan fingerprint density at radius 3 is 2.76 bits per heavy atom. The van der Waals surface area contributed by atoms with Crippen LogP contribution >= 0.6 is 0 Å². The van der Waals surface area contributed by atoms with E-state index >= 15 is 0 Å². The molecule has 0 bridgehead atoms. The number of anilines is 1. The number of nitrogens with zero attached hydrogens (tertiary/aromatic N) is 2. The zero-order valence-electron chi connectivity index (χ0n) is 15.0. The zero-order valence-corrected chi connectivity index (χ0v) is 13.0. The number of hydrogen-bond acceptors (Lipinski definition) is 2. The van der Waals surface area contributed by atoms with Gasteiger partial charge in [-0.05, 0) is 50.4 Å². The van der Waals surface area contributed by atoms with E-state index in [0.29, 0.717) is 5.92 Å². The van der Waals surface area contributed by atoms with Gasteiger partial charge in [0.25, 0.3) is 0 Å². The predicted molar refractivity (Wildman–Crippen MR) is 88.2 cm³/mol. The van der Waals surface area contributed by atoms with Crippen molar-refractivity contribution in [2.75, 3.05) is 11.5 Å². The first kappa shape index (κ1) is 11.2. The van der Waals surface area contributed by atoms with Gasteiger partial charge in [-0.3, -0.25) is 0 Å². The lowest BCUT2D eigenvalue weighted by Gasteiger charge is -2.31. The fourth-order valence-corrected chi connectivity index (χ4v) is 4.35. The van der Waals surface area contributed by atoms with Crippen molar-refractivity contribution in [2.24, 2.45) is 11.8 Å². The van der Waals surface area contributed by atoms with E-state index in [0.717, 1.165) is 18.5 Å². The van der Waals surface area contributed by atoms with Gasteiger partial charge in [0.05, 0.1) is 14.1 Å². The molecule has 2 fully saturated rings. The van der Waals surface area contributed by atoms with Crippen LogP contribution in [0.1, 0.15) is 40.9 Å². The molecule has 3 unspecified atom stereocenters. The third-order valence-electron chi connectivity index (χ3n) is 5.48. The molecule has 112 valence electrons. The van der Waals surface area contributed by atoms with Crippen molar-refractivity contribution in [2.45, 2.75) is 51.6 Å². The Hall–Kier alpha value is -1.44.